The summed E-state index contributed by atoms with van der Waals surface area (Å²) >= 11 is 0. The van der Waals surface area contributed by atoms with Gasteiger partial charge in [-0.15, -0.1) is 0 Å². The molecule has 2 amide bonds. The Morgan fingerprint density at radius 1 is 1.07 bits per heavy atom. The Morgan fingerprint density at radius 3 is 2.43 bits per heavy atom. The second-order valence-corrected chi connectivity index (χ2v) is 7.11. The molecule has 2 aromatic rings. The van der Waals surface area contributed by atoms with Gasteiger partial charge in [0.15, 0.2) is 0 Å². The fraction of sp³-hybridized carbons (Fsp3) is 0.318. The van der Waals surface area contributed by atoms with Crippen LogP contribution in [0.25, 0.3) is 0 Å². The molecule has 0 aromatic heterocycles. The van der Waals surface area contributed by atoms with Crippen LogP contribution in [0.2, 0.25) is 0 Å². The van der Waals surface area contributed by atoms with E-state index in [0.29, 0.717) is 6.42 Å². The number of benzene rings is 2. The third kappa shape index (κ3) is 4.76. The minimum atomic E-state index is -1.03. The summed E-state index contributed by atoms with van der Waals surface area (Å²) in [6.45, 7) is 2.05. The molecule has 0 spiro atoms. The van der Waals surface area contributed by atoms with E-state index in [0.717, 1.165) is 22.3 Å². The quantitative estimate of drug-likeness (QED) is 0.803. The van der Waals surface area contributed by atoms with Gasteiger partial charge in [-0.1, -0.05) is 54.1 Å². The largest absolute Gasteiger partial charge is 0.480 e. The third-order valence-corrected chi connectivity index (χ3v) is 5.05. The van der Waals surface area contributed by atoms with E-state index in [1.807, 2.05) is 55.5 Å². The first-order valence-electron chi connectivity index (χ1n) is 9.35. The van der Waals surface area contributed by atoms with Crippen molar-refractivity contribution >= 4 is 17.8 Å². The van der Waals surface area contributed by atoms with Gasteiger partial charge in [0.25, 0.3) is 0 Å². The molecule has 1 aliphatic rings. The Bertz CT molecular complexity index is 876. The topological polar surface area (TPSA) is 86.7 Å². The van der Waals surface area contributed by atoms with Crippen LogP contribution in [0.15, 0.2) is 48.5 Å². The number of amides is 2. The smallest absolute Gasteiger partial charge is 0.326 e. The highest BCUT2D eigenvalue weighted by Crippen LogP contribution is 2.23. The van der Waals surface area contributed by atoms with Crippen molar-refractivity contribution in [2.24, 2.45) is 0 Å². The zero-order valence-electron chi connectivity index (χ0n) is 15.9. The summed E-state index contributed by atoms with van der Waals surface area (Å²) in [5.41, 5.74) is 4.11. The lowest BCUT2D eigenvalue weighted by atomic mass is 9.94. The molecule has 1 unspecified atom stereocenters. The number of carbonyl (C=O) groups is 3. The van der Waals surface area contributed by atoms with E-state index < -0.39 is 12.0 Å². The number of nitrogens with one attached hydrogen (secondary N) is 1. The van der Waals surface area contributed by atoms with Crippen molar-refractivity contribution in [1.82, 2.24) is 10.2 Å². The number of carbonyl (C=O) groups excluding carboxylic acids is 2. The summed E-state index contributed by atoms with van der Waals surface area (Å²) in [5, 5.41) is 12.1. The Labute approximate surface area is 164 Å². The summed E-state index contributed by atoms with van der Waals surface area (Å²) in [6.07, 6.45) is 1.15. The standard InChI is InChI=1S/C22H24N2O4/c1-15-6-8-16(9-7-15)10-11-20(25)23-13-21(26)24-14-18-5-3-2-4-17(18)12-19(24)22(27)28/h2-9,19H,10-14H2,1H3,(H,23,25)(H,27,28). The van der Waals surface area contributed by atoms with E-state index in [2.05, 4.69) is 5.32 Å². The molecule has 3 rings (SSSR count). The molecule has 0 fully saturated rings. The summed E-state index contributed by atoms with van der Waals surface area (Å²) in [6, 6.07) is 14.6. The average molecular weight is 380 g/mol. The predicted octanol–water partition coefficient (Wildman–Crippen LogP) is 2.08. The summed E-state index contributed by atoms with van der Waals surface area (Å²) in [7, 11) is 0. The highest BCUT2D eigenvalue weighted by molar-refractivity contribution is 5.88. The second kappa shape index (κ2) is 8.69. The number of aliphatic carboxylic acids is 1. The Balaban J connectivity index is 1.55. The SMILES string of the molecule is Cc1ccc(CCC(=O)NCC(=O)N2Cc3ccccc3CC2C(=O)O)cc1. The van der Waals surface area contributed by atoms with Gasteiger partial charge in [-0.3, -0.25) is 9.59 Å². The van der Waals surface area contributed by atoms with Crippen molar-refractivity contribution < 1.29 is 19.5 Å². The molecular formula is C22H24N2O4. The number of carboxylic acids is 1. The van der Waals surface area contributed by atoms with Crippen molar-refractivity contribution in [2.45, 2.75) is 38.8 Å². The van der Waals surface area contributed by atoms with E-state index >= 15 is 0 Å². The molecule has 146 valence electrons. The Hall–Kier alpha value is -3.15. The fourth-order valence-corrected chi connectivity index (χ4v) is 3.38. The molecule has 6 nitrogen and oxygen atoms in total. The van der Waals surface area contributed by atoms with Crippen LogP contribution in [0.3, 0.4) is 0 Å². The maximum absolute atomic E-state index is 12.6. The van der Waals surface area contributed by atoms with Crippen molar-refractivity contribution in [3.05, 3.63) is 70.8 Å². The van der Waals surface area contributed by atoms with Gasteiger partial charge < -0.3 is 15.3 Å². The molecule has 1 aliphatic heterocycles. The first kappa shape index (κ1) is 19.6. The molecular weight excluding hydrogens is 356 g/mol. The highest BCUT2D eigenvalue weighted by Gasteiger charge is 2.34. The molecule has 0 saturated carbocycles. The summed E-state index contributed by atoms with van der Waals surface area (Å²) in [5.74, 6) is -1.64. The number of nitrogens with zero attached hydrogens (tertiary/aromatic N) is 1. The Kier molecular flexibility index (Phi) is 6.09. The third-order valence-electron chi connectivity index (χ3n) is 5.05. The van der Waals surface area contributed by atoms with Gasteiger partial charge in [-0.05, 0) is 30.0 Å². The fourth-order valence-electron chi connectivity index (χ4n) is 3.38. The number of aryl methyl sites for hydroxylation is 2. The van der Waals surface area contributed by atoms with Gasteiger partial charge in [0, 0.05) is 19.4 Å². The van der Waals surface area contributed by atoms with Gasteiger partial charge >= 0.3 is 5.97 Å². The average Bonchev–Trinajstić information content (AvgIpc) is 2.70. The van der Waals surface area contributed by atoms with E-state index in [4.69, 9.17) is 0 Å². The van der Waals surface area contributed by atoms with Crippen LogP contribution in [0, 0.1) is 6.92 Å². The number of fused-ring (bicyclic) bond motifs is 1. The van der Waals surface area contributed by atoms with Crippen LogP contribution in [0.1, 0.15) is 28.7 Å². The number of hydrogen-bond acceptors (Lipinski definition) is 3. The zero-order valence-corrected chi connectivity index (χ0v) is 15.9. The van der Waals surface area contributed by atoms with Crippen LogP contribution >= 0.6 is 0 Å². The molecule has 0 saturated heterocycles. The van der Waals surface area contributed by atoms with Crippen molar-refractivity contribution in [1.29, 1.82) is 0 Å². The second-order valence-electron chi connectivity index (χ2n) is 7.11. The number of hydrogen-bond donors (Lipinski definition) is 2. The van der Waals surface area contributed by atoms with Gasteiger partial charge in [-0.25, -0.2) is 4.79 Å². The van der Waals surface area contributed by atoms with Crippen molar-refractivity contribution in [2.75, 3.05) is 6.54 Å². The van der Waals surface area contributed by atoms with Crippen LogP contribution in [0.5, 0.6) is 0 Å². The molecule has 1 atom stereocenters. The van der Waals surface area contributed by atoms with Gasteiger partial charge in [0.1, 0.15) is 6.04 Å². The first-order chi connectivity index (χ1) is 13.4. The monoisotopic (exact) mass is 380 g/mol. The highest BCUT2D eigenvalue weighted by atomic mass is 16.4. The minimum absolute atomic E-state index is 0.196. The maximum Gasteiger partial charge on any atom is 0.326 e. The lowest BCUT2D eigenvalue weighted by Gasteiger charge is -2.34. The normalized spacial score (nSPS) is 15.6. The van der Waals surface area contributed by atoms with Gasteiger partial charge in [0.05, 0.1) is 6.54 Å². The van der Waals surface area contributed by atoms with E-state index in [9.17, 15) is 19.5 Å². The lowest BCUT2D eigenvalue weighted by molar-refractivity contribution is -0.151. The Morgan fingerprint density at radius 2 is 1.75 bits per heavy atom. The van der Waals surface area contributed by atoms with Crippen LogP contribution in [-0.2, 0) is 33.8 Å². The van der Waals surface area contributed by atoms with Gasteiger partial charge in [-0.2, -0.15) is 0 Å². The number of rotatable bonds is 6. The summed E-state index contributed by atoms with van der Waals surface area (Å²) < 4.78 is 0. The molecule has 0 aliphatic carbocycles. The molecule has 0 bridgehead atoms. The molecule has 6 heteroatoms. The van der Waals surface area contributed by atoms with Gasteiger partial charge in [0.2, 0.25) is 11.8 Å². The van der Waals surface area contributed by atoms with Crippen LogP contribution in [0.4, 0.5) is 0 Å². The van der Waals surface area contributed by atoms with Crippen molar-refractivity contribution in [3.8, 4) is 0 Å². The molecule has 28 heavy (non-hydrogen) atoms. The molecule has 1 heterocycles. The number of carboxylic acid groups (broad SMARTS) is 1. The minimum Gasteiger partial charge on any atom is -0.480 e. The molecule has 2 aromatic carbocycles. The van der Waals surface area contributed by atoms with E-state index in [-0.39, 0.29) is 37.7 Å². The maximum atomic E-state index is 12.6. The lowest BCUT2D eigenvalue weighted by Crippen LogP contribution is -2.51. The summed E-state index contributed by atoms with van der Waals surface area (Å²) in [4.78, 5) is 37.6. The van der Waals surface area contributed by atoms with Crippen LogP contribution in [-0.4, -0.2) is 40.4 Å². The van der Waals surface area contributed by atoms with E-state index in [1.165, 1.54) is 4.90 Å². The van der Waals surface area contributed by atoms with E-state index in [1.54, 1.807) is 0 Å². The molecule has 0 radical (unpaired) electrons. The zero-order chi connectivity index (χ0) is 20.1. The first-order valence-corrected chi connectivity index (χ1v) is 9.35. The van der Waals surface area contributed by atoms with Crippen LogP contribution < -0.4 is 5.32 Å². The van der Waals surface area contributed by atoms with Crippen molar-refractivity contribution in [3.63, 3.8) is 0 Å². The predicted molar refractivity (Wildman–Crippen MR) is 105 cm³/mol. The molecule has 2 N–H and O–H groups in total.